The molecule has 6 nitrogen and oxygen atoms in total. The molecule has 2 aromatic rings. The zero-order valence-electron chi connectivity index (χ0n) is 16.2. The quantitative estimate of drug-likeness (QED) is 0.697. The number of rotatable bonds is 6. The fourth-order valence-electron chi connectivity index (χ4n) is 3.25. The van der Waals surface area contributed by atoms with Crippen molar-refractivity contribution in [3.05, 3.63) is 40.3 Å². The van der Waals surface area contributed by atoms with Gasteiger partial charge in [0.2, 0.25) is 0 Å². The number of carbonyl (C=O) groups is 2. The molecule has 1 amide bonds. The van der Waals surface area contributed by atoms with E-state index in [9.17, 15) is 9.59 Å². The van der Waals surface area contributed by atoms with Crippen LogP contribution in [0.25, 0.3) is 10.4 Å². The molecule has 1 aromatic heterocycles. The lowest BCUT2D eigenvalue weighted by molar-refractivity contribution is -0.138. The van der Waals surface area contributed by atoms with Gasteiger partial charge in [0.15, 0.2) is 6.10 Å². The summed E-state index contributed by atoms with van der Waals surface area (Å²) >= 11 is 1.39. The zero-order chi connectivity index (χ0) is 20.3. The number of methoxy groups -OCH3 is 1. The van der Waals surface area contributed by atoms with Crippen molar-refractivity contribution in [3.8, 4) is 22.3 Å². The van der Waals surface area contributed by atoms with Crippen LogP contribution in [-0.4, -0.2) is 43.6 Å². The molecule has 0 aliphatic heterocycles. The van der Waals surface area contributed by atoms with Gasteiger partial charge in [-0.2, -0.15) is 5.26 Å². The number of nitriles is 1. The van der Waals surface area contributed by atoms with Crippen molar-refractivity contribution in [1.29, 1.82) is 5.26 Å². The molecular formula is C21H22N2O4S. The lowest BCUT2D eigenvalue weighted by Gasteiger charge is -2.20. The lowest BCUT2D eigenvalue weighted by atomic mass is 9.91. The Labute approximate surface area is 168 Å². The average molecular weight is 398 g/mol. The molecule has 0 fully saturated rings. The molecule has 0 spiro atoms. The van der Waals surface area contributed by atoms with Gasteiger partial charge >= 0.3 is 5.97 Å². The summed E-state index contributed by atoms with van der Waals surface area (Å²) in [6.45, 7) is 1.86. The number of esters is 1. The maximum Gasteiger partial charge on any atom is 0.349 e. The van der Waals surface area contributed by atoms with Gasteiger partial charge in [-0.15, -0.1) is 11.3 Å². The van der Waals surface area contributed by atoms with Gasteiger partial charge in [-0.25, -0.2) is 4.79 Å². The van der Waals surface area contributed by atoms with E-state index in [1.54, 1.807) is 21.1 Å². The summed E-state index contributed by atoms with van der Waals surface area (Å²) in [5, 5.41) is 8.63. The molecule has 0 saturated carbocycles. The highest BCUT2D eigenvalue weighted by Crippen LogP contribution is 2.41. The van der Waals surface area contributed by atoms with Gasteiger partial charge in [0, 0.05) is 18.5 Å². The minimum atomic E-state index is -0.896. The van der Waals surface area contributed by atoms with Crippen LogP contribution in [0.3, 0.4) is 0 Å². The Morgan fingerprint density at radius 1 is 1.29 bits per heavy atom. The van der Waals surface area contributed by atoms with E-state index in [0.29, 0.717) is 11.4 Å². The summed E-state index contributed by atoms with van der Waals surface area (Å²) in [7, 11) is 3.24. The highest BCUT2D eigenvalue weighted by molar-refractivity contribution is 7.17. The Morgan fingerprint density at radius 2 is 2.04 bits per heavy atom. The van der Waals surface area contributed by atoms with E-state index in [2.05, 4.69) is 0 Å². The fraction of sp³-hybridized carbons (Fsp3) is 0.381. The van der Waals surface area contributed by atoms with Crippen LogP contribution < -0.4 is 4.74 Å². The molecule has 0 unspecified atom stereocenters. The minimum absolute atomic E-state index is 0.241. The molecule has 1 aliphatic carbocycles. The molecule has 1 heterocycles. The number of carbonyl (C=O) groups excluding carboxylic acids is 2. The van der Waals surface area contributed by atoms with Crippen molar-refractivity contribution in [2.45, 2.75) is 32.3 Å². The first-order valence-corrected chi connectivity index (χ1v) is 9.89. The molecule has 7 heteroatoms. The predicted molar refractivity (Wildman–Crippen MR) is 106 cm³/mol. The third kappa shape index (κ3) is 4.02. The van der Waals surface area contributed by atoms with Crippen molar-refractivity contribution in [3.63, 3.8) is 0 Å². The number of hydrogen-bond acceptors (Lipinski definition) is 6. The van der Waals surface area contributed by atoms with E-state index in [0.717, 1.165) is 34.6 Å². The number of ether oxygens (including phenoxy) is 2. The normalized spacial score (nSPS) is 12.9. The number of benzene rings is 1. The van der Waals surface area contributed by atoms with Crippen molar-refractivity contribution < 1.29 is 19.1 Å². The number of aryl methyl sites for hydroxylation is 2. The maximum atomic E-state index is 12.6. The molecule has 0 bridgehead atoms. The summed E-state index contributed by atoms with van der Waals surface area (Å²) < 4.78 is 10.7. The zero-order valence-corrected chi connectivity index (χ0v) is 17.0. The number of thiophene rings is 1. The van der Waals surface area contributed by atoms with Crippen LogP contribution in [-0.2, 0) is 22.4 Å². The van der Waals surface area contributed by atoms with Gasteiger partial charge in [0.1, 0.15) is 10.6 Å². The van der Waals surface area contributed by atoms with Crippen molar-refractivity contribution in [2.75, 3.05) is 20.7 Å². The Kier molecular flexibility index (Phi) is 6.00. The molecule has 28 heavy (non-hydrogen) atoms. The Morgan fingerprint density at radius 3 is 2.75 bits per heavy atom. The third-order valence-corrected chi connectivity index (χ3v) is 5.99. The first kappa shape index (κ1) is 19.9. The molecule has 1 atom stereocenters. The second kappa shape index (κ2) is 8.44. The number of hydrogen-bond donors (Lipinski definition) is 0. The smallest absolute Gasteiger partial charge is 0.349 e. The molecule has 3 rings (SSSR count). The maximum absolute atomic E-state index is 12.6. The number of fused-ring (bicyclic) bond motifs is 3. The Bertz CT molecular complexity index is 944. The van der Waals surface area contributed by atoms with Crippen LogP contribution in [0, 0.1) is 11.3 Å². The summed E-state index contributed by atoms with van der Waals surface area (Å²) in [6.07, 6.45) is 1.09. The van der Waals surface area contributed by atoms with E-state index < -0.39 is 12.1 Å². The Hall–Kier alpha value is -2.85. The minimum Gasteiger partial charge on any atom is -0.497 e. The summed E-state index contributed by atoms with van der Waals surface area (Å²) in [5.74, 6) is 0.0117. The molecule has 1 aromatic carbocycles. The van der Waals surface area contributed by atoms with Gasteiger partial charge in [-0.1, -0.05) is 0 Å². The van der Waals surface area contributed by atoms with Crippen molar-refractivity contribution >= 4 is 23.2 Å². The van der Waals surface area contributed by atoms with Crippen molar-refractivity contribution in [1.82, 2.24) is 4.90 Å². The summed E-state index contributed by atoms with van der Waals surface area (Å²) in [6, 6.07) is 9.84. The standard InChI is InChI=1S/C21H22N2O4S/c1-13(20(24)23(2)10-4-9-22)27-21(25)18-12-15-6-5-14-11-16(26-3)7-8-17(14)19(15)28-18/h7-8,11-13H,4-6,10H2,1-3H3/t13-/m1/s1. The van der Waals surface area contributed by atoms with Crippen LogP contribution in [0.15, 0.2) is 24.3 Å². The SMILES string of the molecule is COc1ccc2c(c1)CCc1cc(C(=O)O[C@H](C)C(=O)N(C)CCC#N)sc1-2. The Balaban J connectivity index is 1.74. The molecule has 0 saturated heterocycles. The number of nitrogens with zero attached hydrogens (tertiary/aromatic N) is 2. The first-order chi connectivity index (χ1) is 13.4. The molecular weight excluding hydrogens is 376 g/mol. The van der Waals surface area contributed by atoms with E-state index >= 15 is 0 Å². The lowest BCUT2D eigenvalue weighted by Crippen LogP contribution is -2.37. The van der Waals surface area contributed by atoms with E-state index in [1.807, 2.05) is 30.3 Å². The second-order valence-corrected chi connectivity index (χ2v) is 7.76. The highest BCUT2D eigenvalue weighted by Gasteiger charge is 2.26. The van der Waals surface area contributed by atoms with E-state index in [4.69, 9.17) is 14.7 Å². The van der Waals surface area contributed by atoms with E-state index in [-0.39, 0.29) is 12.3 Å². The average Bonchev–Trinajstić information content (AvgIpc) is 3.15. The van der Waals surface area contributed by atoms with Crippen LogP contribution in [0.1, 0.15) is 34.1 Å². The number of amides is 1. The summed E-state index contributed by atoms with van der Waals surface area (Å²) in [4.78, 5) is 27.8. The van der Waals surface area contributed by atoms with Gasteiger partial charge in [0.05, 0.1) is 19.6 Å². The molecule has 0 radical (unpaired) electrons. The monoisotopic (exact) mass is 398 g/mol. The van der Waals surface area contributed by atoms with Gasteiger partial charge in [0.25, 0.3) is 5.91 Å². The van der Waals surface area contributed by atoms with Crippen LogP contribution in [0.5, 0.6) is 5.75 Å². The van der Waals surface area contributed by atoms with Gasteiger partial charge in [-0.3, -0.25) is 4.79 Å². The van der Waals surface area contributed by atoms with Crippen LogP contribution in [0.2, 0.25) is 0 Å². The predicted octanol–water partition coefficient (Wildman–Crippen LogP) is 3.44. The van der Waals surface area contributed by atoms with Crippen LogP contribution >= 0.6 is 11.3 Å². The largest absolute Gasteiger partial charge is 0.497 e. The number of likely N-dealkylation sites (N-methyl/N-ethyl adjacent to an activating group) is 1. The molecule has 1 aliphatic rings. The molecule has 146 valence electrons. The van der Waals surface area contributed by atoms with Crippen molar-refractivity contribution in [2.24, 2.45) is 0 Å². The topological polar surface area (TPSA) is 79.6 Å². The van der Waals surface area contributed by atoms with Gasteiger partial charge in [-0.05, 0) is 60.7 Å². The second-order valence-electron chi connectivity index (χ2n) is 6.70. The third-order valence-electron chi connectivity index (χ3n) is 4.80. The highest BCUT2D eigenvalue weighted by atomic mass is 32.1. The van der Waals surface area contributed by atoms with E-state index in [1.165, 1.54) is 21.8 Å². The van der Waals surface area contributed by atoms with Gasteiger partial charge < -0.3 is 14.4 Å². The first-order valence-electron chi connectivity index (χ1n) is 9.07. The summed E-state index contributed by atoms with van der Waals surface area (Å²) in [5.41, 5.74) is 3.45. The fourth-order valence-corrected chi connectivity index (χ4v) is 4.40. The van der Waals surface area contributed by atoms with Crippen LogP contribution in [0.4, 0.5) is 0 Å². The molecule has 0 N–H and O–H groups in total.